The van der Waals surface area contributed by atoms with Crippen molar-refractivity contribution >= 4 is 11.7 Å². The zero-order valence-corrected chi connectivity index (χ0v) is 10.8. The summed E-state index contributed by atoms with van der Waals surface area (Å²) in [7, 11) is 0. The Morgan fingerprint density at radius 2 is 2.26 bits per heavy atom. The van der Waals surface area contributed by atoms with Crippen LogP contribution in [0.1, 0.15) is 18.9 Å². The lowest BCUT2D eigenvalue weighted by Gasteiger charge is -2.21. The number of rotatable bonds is 6. The number of hydrogen-bond donors (Lipinski definition) is 2. The van der Waals surface area contributed by atoms with E-state index in [1.165, 1.54) is 17.0 Å². The summed E-state index contributed by atoms with van der Waals surface area (Å²) in [5.41, 5.74) is 6.01. The van der Waals surface area contributed by atoms with Crippen molar-refractivity contribution in [3.8, 4) is 0 Å². The number of oxime groups is 1. The van der Waals surface area contributed by atoms with Crippen LogP contribution in [0.15, 0.2) is 29.4 Å². The Labute approximate surface area is 111 Å². The predicted octanol–water partition coefficient (Wildman–Crippen LogP) is 1.35. The molecule has 0 heterocycles. The van der Waals surface area contributed by atoms with E-state index in [9.17, 15) is 9.18 Å². The highest BCUT2D eigenvalue weighted by atomic mass is 19.1. The van der Waals surface area contributed by atoms with E-state index < -0.39 is 0 Å². The van der Waals surface area contributed by atoms with Crippen molar-refractivity contribution in [1.29, 1.82) is 0 Å². The van der Waals surface area contributed by atoms with Crippen molar-refractivity contribution in [3.63, 3.8) is 0 Å². The maximum Gasteiger partial charge on any atom is 0.227 e. The molecule has 104 valence electrons. The number of nitrogens with two attached hydrogens (primary N) is 1. The second-order valence-electron chi connectivity index (χ2n) is 4.21. The first-order valence-corrected chi connectivity index (χ1v) is 6.05. The molecule has 19 heavy (non-hydrogen) atoms. The van der Waals surface area contributed by atoms with E-state index >= 15 is 0 Å². The number of nitrogens with zero attached hydrogens (tertiary/aromatic N) is 2. The fourth-order valence-electron chi connectivity index (χ4n) is 1.72. The first-order chi connectivity index (χ1) is 9.06. The van der Waals surface area contributed by atoms with Gasteiger partial charge in [-0.05, 0) is 24.1 Å². The smallest absolute Gasteiger partial charge is 0.227 e. The van der Waals surface area contributed by atoms with Gasteiger partial charge in [-0.1, -0.05) is 24.2 Å². The Hall–Kier alpha value is -2.11. The highest BCUT2D eigenvalue weighted by Gasteiger charge is 2.15. The van der Waals surface area contributed by atoms with Gasteiger partial charge in [-0.3, -0.25) is 4.79 Å². The van der Waals surface area contributed by atoms with Crippen LogP contribution in [0.2, 0.25) is 0 Å². The molecule has 0 spiro atoms. The third kappa shape index (κ3) is 4.95. The van der Waals surface area contributed by atoms with Gasteiger partial charge >= 0.3 is 0 Å². The van der Waals surface area contributed by atoms with Gasteiger partial charge in [0.2, 0.25) is 5.91 Å². The van der Waals surface area contributed by atoms with Crippen molar-refractivity contribution in [3.05, 3.63) is 35.6 Å². The van der Waals surface area contributed by atoms with Crippen molar-refractivity contribution in [2.45, 2.75) is 19.8 Å². The van der Waals surface area contributed by atoms with Gasteiger partial charge < -0.3 is 15.8 Å². The number of halogens is 1. The van der Waals surface area contributed by atoms with E-state index in [1.807, 2.05) is 6.92 Å². The van der Waals surface area contributed by atoms with Gasteiger partial charge in [0.1, 0.15) is 5.82 Å². The molecule has 0 aliphatic carbocycles. The molecule has 3 N–H and O–H groups in total. The minimum Gasteiger partial charge on any atom is -0.409 e. The zero-order valence-electron chi connectivity index (χ0n) is 10.8. The van der Waals surface area contributed by atoms with Crippen LogP contribution in [0.5, 0.6) is 0 Å². The lowest BCUT2D eigenvalue weighted by Crippen LogP contribution is -2.39. The third-order valence-electron chi connectivity index (χ3n) is 2.57. The molecule has 0 aliphatic rings. The largest absolute Gasteiger partial charge is 0.409 e. The van der Waals surface area contributed by atoms with Crippen LogP contribution < -0.4 is 5.73 Å². The van der Waals surface area contributed by atoms with Crippen LogP contribution in [0.3, 0.4) is 0 Å². The fourth-order valence-corrected chi connectivity index (χ4v) is 1.72. The average molecular weight is 267 g/mol. The summed E-state index contributed by atoms with van der Waals surface area (Å²) in [4.78, 5) is 13.6. The monoisotopic (exact) mass is 267 g/mol. The summed E-state index contributed by atoms with van der Waals surface area (Å²) < 4.78 is 13.0. The normalized spacial score (nSPS) is 11.4. The van der Waals surface area contributed by atoms with E-state index in [2.05, 4.69) is 5.16 Å². The fraction of sp³-hybridized carbons (Fsp3) is 0.385. The summed E-state index contributed by atoms with van der Waals surface area (Å²) in [6.45, 7) is 2.50. The van der Waals surface area contributed by atoms with Crippen molar-refractivity contribution in [2.75, 3.05) is 13.1 Å². The summed E-state index contributed by atoms with van der Waals surface area (Å²) in [6.07, 6.45) is 0.851. The second kappa shape index (κ2) is 7.35. The van der Waals surface area contributed by atoms with Gasteiger partial charge in [-0.2, -0.15) is 0 Å². The van der Waals surface area contributed by atoms with Gasteiger partial charge in [0.05, 0.1) is 13.0 Å². The van der Waals surface area contributed by atoms with Gasteiger partial charge in [0.15, 0.2) is 5.84 Å². The Morgan fingerprint density at radius 1 is 1.53 bits per heavy atom. The number of carbonyl (C=O) groups is 1. The highest BCUT2D eigenvalue weighted by molar-refractivity contribution is 5.87. The second-order valence-corrected chi connectivity index (χ2v) is 4.21. The first-order valence-electron chi connectivity index (χ1n) is 6.05. The molecule has 0 fully saturated rings. The summed E-state index contributed by atoms with van der Waals surface area (Å²) in [5, 5.41) is 11.4. The van der Waals surface area contributed by atoms with Crippen LogP contribution in [0.4, 0.5) is 4.39 Å². The molecule has 0 unspecified atom stereocenters. The van der Waals surface area contributed by atoms with E-state index in [1.54, 1.807) is 12.1 Å². The van der Waals surface area contributed by atoms with Gasteiger partial charge in [0, 0.05) is 6.54 Å². The lowest BCUT2D eigenvalue weighted by molar-refractivity contribution is -0.129. The predicted molar refractivity (Wildman–Crippen MR) is 70.4 cm³/mol. The zero-order chi connectivity index (χ0) is 14.3. The molecule has 5 nitrogen and oxygen atoms in total. The SMILES string of the molecule is CCCN(CC(N)=NO)C(=O)Cc1cccc(F)c1. The van der Waals surface area contributed by atoms with Crippen LogP contribution in [0, 0.1) is 5.82 Å². The number of hydrogen-bond acceptors (Lipinski definition) is 3. The number of amides is 1. The van der Waals surface area contributed by atoms with Crippen molar-refractivity contribution < 1.29 is 14.4 Å². The van der Waals surface area contributed by atoms with Crippen LogP contribution in [0.25, 0.3) is 0 Å². The molecule has 1 aromatic carbocycles. The maximum atomic E-state index is 13.0. The Morgan fingerprint density at radius 3 is 2.84 bits per heavy atom. The topological polar surface area (TPSA) is 78.9 Å². The molecule has 0 saturated carbocycles. The standard InChI is InChI=1S/C13H18FN3O2/c1-2-6-17(9-12(15)16-19)13(18)8-10-4-3-5-11(14)7-10/h3-5,7,19H,2,6,8-9H2,1H3,(H2,15,16). The van der Waals surface area contributed by atoms with E-state index in [4.69, 9.17) is 10.9 Å². The van der Waals surface area contributed by atoms with Crippen LogP contribution >= 0.6 is 0 Å². The Kier molecular flexibility index (Phi) is 5.78. The Bertz CT molecular complexity index is 463. The minimum absolute atomic E-state index is 0.0268. The van der Waals surface area contributed by atoms with Gasteiger partial charge in [-0.15, -0.1) is 0 Å². The highest BCUT2D eigenvalue weighted by Crippen LogP contribution is 2.06. The quantitative estimate of drug-likeness (QED) is 0.353. The lowest BCUT2D eigenvalue weighted by atomic mass is 10.1. The van der Waals surface area contributed by atoms with Crippen LogP contribution in [-0.2, 0) is 11.2 Å². The molecule has 0 aliphatic heterocycles. The summed E-state index contributed by atoms with van der Waals surface area (Å²) in [6, 6.07) is 5.90. The van der Waals surface area contributed by atoms with E-state index in [0.717, 1.165) is 6.42 Å². The molecule has 0 saturated heterocycles. The molecular weight excluding hydrogens is 249 g/mol. The molecule has 1 aromatic rings. The van der Waals surface area contributed by atoms with Gasteiger partial charge in [-0.25, -0.2) is 4.39 Å². The molecule has 1 amide bonds. The van der Waals surface area contributed by atoms with E-state index in [-0.39, 0.29) is 30.5 Å². The van der Waals surface area contributed by atoms with E-state index in [0.29, 0.717) is 12.1 Å². The number of amidine groups is 1. The van der Waals surface area contributed by atoms with Crippen LogP contribution in [-0.4, -0.2) is 34.9 Å². The van der Waals surface area contributed by atoms with Crippen molar-refractivity contribution in [1.82, 2.24) is 4.90 Å². The number of benzene rings is 1. The molecular formula is C13H18FN3O2. The Balaban J connectivity index is 2.71. The average Bonchev–Trinajstić information content (AvgIpc) is 2.38. The molecule has 0 aromatic heterocycles. The molecule has 0 atom stereocenters. The summed E-state index contributed by atoms with van der Waals surface area (Å²) in [5.74, 6) is -0.580. The summed E-state index contributed by atoms with van der Waals surface area (Å²) >= 11 is 0. The number of carbonyl (C=O) groups excluding carboxylic acids is 1. The molecule has 1 rings (SSSR count). The molecule has 6 heteroatoms. The third-order valence-corrected chi connectivity index (χ3v) is 2.57. The first kappa shape index (κ1) is 14.9. The van der Waals surface area contributed by atoms with Gasteiger partial charge in [0.25, 0.3) is 0 Å². The molecule has 0 bridgehead atoms. The molecule has 0 radical (unpaired) electrons. The van der Waals surface area contributed by atoms with Crippen molar-refractivity contribution in [2.24, 2.45) is 10.9 Å². The maximum absolute atomic E-state index is 13.0. The minimum atomic E-state index is -0.372.